The Morgan fingerprint density at radius 2 is 1.91 bits per heavy atom. The zero-order chi connectivity index (χ0) is 23.2. The first kappa shape index (κ1) is 21.3. The summed E-state index contributed by atoms with van der Waals surface area (Å²) in [7, 11) is 0. The number of benzene rings is 2. The number of carbonyl (C=O) groups is 1. The van der Waals surface area contributed by atoms with Crippen LogP contribution in [0.2, 0.25) is 5.15 Å². The number of aromatic nitrogens is 3. The van der Waals surface area contributed by atoms with Crippen molar-refractivity contribution in [3.8, 4) is 28.3 Å². The maximum absolute atomic E-state index is 12.2. The van der Waals surface area contributed by atoms with Gasteiger partial charge >= 0.3 is 6.09 Å². The standard InChI is InChI=1S/C25H23ClN4O3/c1-25(2,3)33-24(31)27-18-14-32-19-13-16(9-10-17(18)19)22-23(15-7-5-4-6-8-15)30-21(28-22)12-11-20(26)29-30/h4-13,18H,14H2,1-3H3,(H,27,31)/t18-/m0/s1. The van der Waals surface area contributed by atoms with Crippen LogP contribution in [0.3, 0.4) is 0 Å². The first-order chi connectivity index (χ1) is 15.8. The molecule has 168 valence electrons. The van der Waals surface area contributed by atoms with Crippen molar-refractivity contribution in [3.63, 3.8) is 0 Å². The monoisotopic (exact) mass is 462 g/mol. The number of nitrogens with one attached hydrogen (secondary N) is 1. The van der Waals surface area contributed by atoms with E-state index < -0.39 is 11.7 Å². The highest BCUT2D eigenvalue weighted by Gasteiger charge is 2.29. The Bertz CT molecular complexity index is 1350. The molecule has 8 heteroatoms. The van der Waals surface area contributed by atoms with Crippen LogP contribution in [-0.4, -0.2) is 32.9 Å². The van der Waals surface area contributed by atoms with Gasteiger partial charge in [0.25, 0.3) is 0 Å². The molecule has 0 radical (unpaired) electrons. The van der Waals surface area contributed by atoms with E-state index in [1.54, 1.807) is 10.6 Å². The molecule has 0 saturated heterocycles. The molecular formula is C25H23ClN4O3. The largest absolute Gasteiger partial charge is 0.491 e. The first-order valence-electron chi connectivity index (χ1n) is 10.7. The number of fused-ring (bicyclic) bond motifs is 2. The van der Waals surface area contributed by atoms with Crippen molar-refractivity contribution < 1.29 is 14.3 Å². The number of alkyl carbamates (subject to hydrolysis) is 1. The molecule has 1 amide bonds. The van der Waals surface area contributed by atoms with Gasteiger partial charge < -0.3 is 14.8 Å². The topological polar surface area (TPSA) is 77.8 Å². The van der Waals surface area contributed by atoms with Crippen LogP contribution in [0.4, 0.5) is 4.79 Å². The smallest absolute Gasteiger partial charge is 0.408 e. The van der Waals surface area contributed by atoms with Gasteiger partial charge in [0.2, 0.25) is 0 Å². The Hall–Kier alpha value is -3.58. The van der Waals surface area contributed by atoms with Crippen LogP contribution < -0.4 is 10.1 Å². The summed E-state index contributed by atoms with van der Waals surface area (Å²) in [6.45, 7) is 5.84. The predicted octanol–water partition coefficient (Wildman–Crippen LogP) is 5.67. The number of halogens is 1. The fourth-order valence-corrected chi connectivity index (χ4v) is 4.03. The van der Waals surface area contributed by atoms with Gasteiger partial charge in [0.05, 0.1) is 11.7 Å². The van der Waals surface area contributed by atoms with Crippen molar-refractivity contribution in [1.82, 2.24) is 19.9 Å². The lowest BCUT2D eigenvalue weighted by Crippen LogP contribution is -2.35. The molecule has 0 aliphatic carbocycles. The minimum absolute atomic E-state index is 0.279. The highest BCUT2D eigenvalue weighted by Crippen LogP contribution is 2.39. The van der Waals surface area contributed by atoms with Crippen LogP contribution >= 0.6 is 11.6 Å². The normalized spacial score (nSPS) is 15.2. The highest BCUT2D eigenvalue weighted by atomic mass is 35.5. The third kappa shape index (κ3) is 4.24. The minimum atomic E-state index is -0.565. The van der Waals surface area contributed by atoms with E-state index in [0.29, 0.717) is 23.2 Å². The van der Waals surface area contributed by atoms with Crippen LogP contribution in [0.15, 0.2) is 60.7 Å². The molecule has 0 unspecified atom stereocenters. The van der Waals surface area contributed by atoms with E-state index in [2.05, 4.69) is 10.4 Å². The summed E-state index contributed by atoms with van der Waals surface area (Å²) in [5.74, 6) is 0.704. The number of rotatable bonds is 3. The van der Waals surface area contributed by atoms with Crippen LogP contribution in [0.1, 0.15) is 32.4 Å². The van der Waals surface area contributed by atoms with Gasteiger partial charge in [0.15, 0.2) is 5.65 Å². The van der Waals surface area contributed by atoms with Gasteiger partial charge in [-0.15, -0.1) is 0 Å². The van der Waals surface area contributed by atoms with Crippen LogP contribution in [0.25, 0.3) is 28.2 Å². The van der Waals surface area contributed by atoms with E-state index in [0.717, 1.165) is 28.1 Å². The van der Waals surface area contributed by atoms with Crippen LogP contribution in [0.5, 0.6) is 5.75 Å². The summed E-state index contributed by atoms with van der Waals surface area (Å²) in [5.41, 5.74) is 4.49. The minimum Gasteiger partial charge on any atom is -0.491 e. The van der Waals surface area contributed by atoms with Crippen LogP contribution in [0, 0.1) is 0 Å². The molecule has 0 bridgehead atoms. The lowest BCUT2D eigenvalue weighted by Gasteiger charge is -2.21. The van der Waals surface area contributed by atoms with Crippen molar-refractivity contribution in [1.29, 1.82) is 0 Å². The maximum atomic E-state index is 12.2. The highest BCUT2D eigenvalue weighted by molar-refractivity contribution is 6.29. The molecule has 1 atom stereocenters. The third-order valence-corrected chi connectivity index (χ3v) is 5.45. The Morgan fingerprint density at radius 3 is 2.67 bits per heavy atom. The molecule has 2 aromatic heterocycles. The fourth-order valence-electron chi connectivity index (χ4n) is 3.89. The molecule has 3 heterocycles. The van der Waals surface area contributed by atoms with Gasteiger partial charge in [-0.25, -0.2) is 14.3 Å². The van der Waals surface area contributed by atoms with Crippen molar-refractivity contribution >= 4 is 23.3 Å². The summed E-state index contributed by atoms with van der Waals surface area (Å²) in [5, 5.41) is 7.74. The van der Waals surface area contributed by atoms with Gasteiger partial charge in [0, 0.05) is 16.7 Å². The van der Waals surface area contributed by atoms with E-state index in [9.17, 15) is 4.79 Å². The Morgan fingerprint density at radius 1 is 1.12 bits per heavy atom. The zero-order valence-electron chi connectivity index (χ0n) is 18.5. The lowest BCUT2D eigenvalue weighted by molar-refractivity contribution is 0.0497. The molecular weight excluding hydrogens is 440 g/mol. The zero-order valence-corrected chi connectivity index (χ0v) is 19.3. The fraction of sp³-hybridized carbons (Fsp3) is 0.240. The van der Waals surface area contributed by atoms with E-state index in [-0.39, 0.29) is 6.04 Å². The van der Waals surface area contributed by atoms with Gasteiger partial charge in [-0.05, 0) is 39.0 Å². The Labute approximate surface area is 196 Å². The average Bonchev–Trinajstić information content (AvgIpc) is 3.33. The molecule has 1 N–H and O–H groups in total. The van der Waals surface area contributed by atoms with Gasteiger partial charge in [0.1, 0.15) is 28.8 Å². The molecule has 1 aliphatic heterocycles. The molecule has 0 fully saturated rings. The molecule has 5 rings (SSSR count). The summed E-state index contributed by atoms with van der Waals surface area (Å²) >= 11 is 6.18. The first-order valence-corrected chi connectivity index (χ1v) is 11.0. The van der Waals surface area contributed by atoms with Gasteiger partial charge in [-0.3, -0.25) is 0 Å². The Kier molecular flexibility index (Phi) is 5.21. The summed E-state index contributed by atoms with van der Waals surface area (Å²) in [6, 6.07) is 19.1. The van der Waals surface area contributed by atoms with Crippen molar-refractivity contribution in [2.24, 2.45) is 0 Å². The predicted molar refractivity (Wildman–Crippen MR) is 126 cm³/mol. The molecule has 7 nitrogen and oxygen atoms in total. The molecule has 0 saturated carbocycles. The Balaban J connectivity index is 1.53. The number of carbonyl (C=O) groups excluding carboxylic acids is 1. The van der Waals surface area contributed by atoms with Crippen LogP contribution in [-0.2, 0) is 4.74 Å². The number of hydrogen-bond acceptors (Lipinski definition) is 5. The second-order valence-corrected chi connectivity index (χ2v) is 9.25. The average molecular weight is 463 g/mol. The van der Waals surface area contributed by atoms with Gasteiger partial charge in [-0.2, -0.15) is 5.10 Å². The summed E-state index contributed by atoms with van der Waals surface area (Å²) in [6.07, 6.45) is -0.470. The van der Waals surface area contributed by atoms with E-state index in [4.69, 9.17) is 26.1 Å². The van der Waals surface area contributed by atoms with Crippen molar-refractivity contribution in [3.05, 3.63) is 71.4 Å². The second kappa shape index (κ2) is 8.08. The molecule has 1 aliphatic rings. The number of ether oxygens (including phenoxy) is 2. The molecule has 2 aromatic carbocycles. The molecule has 33 heavy (non-hydrogen) atoms. The summed E-state index contributed by atoms with van der Waals surface area (Å²) in [4.78, 5) is 17.1. The lowest BCUT2D eigenvalue weighted by atomic mass is 10.0. The third-order valence-electron chi connectivity index (χ3n) is 5.25. The number of imidazole rings is 1. The number of amides is 1. The molecule has 0 spiro atoms. The quantitative estimate of drug-likeness (QED) is 0.424. The SMILES string of the molecule is CC(C)(C)OC(=O)N[C@H]1COc2cc(-c3nc4ccc(Cl)nn4c3-c3ccccc3)ccc21. The van der Waals surface area contributed by atoms with E-state index in [1.165, 1.54) is 0 Å². The molecule has 4 aromatic rings. The van der Waals surface area contributed by atoms with E-state index >= 15 is 0 Å². The van der Waals surface area contributed by atoms with E-state index in [1.807, 2.05) is 75.4 Å². The summed E-state index contributed by atoms with van der Waals surface area (Å²) < 4.78 is 13.0. The number of hydrogen-bond donors (Lipinski definition) is 1. The number of nitrogens with zero attached hydrogens (tertiary/aromatic N) is 3. The maximum Gasteiger partial charge on any atom is 0.408 e. The van der Waals surface area contributed by atoms with Crippen molar-refractivity contribution in [2.75, 3.05) is 6.61 Å². The van der Waals surface area contributed by atoms with Gasteiger partial charge in [-0.1, -0.05) is 54.1 Å². The second-order valence-electron chi connectivity index (χ2n) is 8.86. The van der Waals surface area contributed by atoms with Crippen molar-refractivity contribution in [2.45, 2.75) is 32.4 Å².